The SMILES string of the molecule is CN(C)C1(CNC(=O)C2(N)CCOCC2)CCCCCC1. The van der Waals surface area contributed by atoms with Crippen molar-refractivity contribution in [2.45, 2.75) is 62.4 Å². The van der Waals surface area contributed by atoms with Crippen molar-refractivity contribution >= 4 is 5.91 Å². The van der Waals surface area contributed by atoms with E-state index in [2.05, 4.69) is 24.3 Å². The van der Waals surface area contributed by atoms with Crippen molar-refractivity contribution in [2.24, 2.45) is 5.73 Å². The predicted molar refractivity (Wildman–Crippen MR) is 84.1 cm³/mol. The normalized spacial score (nSPS) is 25.3. The van der Waals surface area contributed by atoms with Gasteiger partial charge in [0.15, 0.2) is 0 Å². The minimum absolute atomic E-state index is 0.00345. The molecule has 1 heterocycles. The van der Waals surface area contributed by atoms with Crippen LogP contribution in [0.5, 0.6) is 0 Å². The lowest BCUT2D eigenvalue weighted by Gasteiger charge is -2.41. The second-order valence-corrected chi connectivity index (χ2v) is 6.98. The van der Waals surface area contributed by atoms with Gasteiger partial charge in [-0.05, 0) is 39.8 Å². The molecule has 0 radical (unpaired) electrons. The van der Waals surface area contributed by atoms with Crippen LogP contribution in [0.25, 0.3) is 0 Å². The second-order valence-electron chi connectivity index (χ2n) is 6.98. The molecule has 5 nitrogen and oxygen atoms in total. The fraction of sp³-hybridized carbons (Fsp3) is 0.938. The minimum atomic E-state index is -0.740. The third-order valence-electron chi connectivity index (χ3n) is 5.40. The molecule has 122 valence electrons. The molecule has 1 aliphatic carbocycles. The first-order valence-corrected chi connectivity index (χ1v) is 8.31. The van der Waals surface area contributed by atoms with E-state index in [4.69, 9.17) is 10.5 Å². The van der Waals surface area contributed by atoms with Gasteiger partial charge in [-0.3, -0.25) is 4.79 Å². The van der Waals surface area contributed by atoms with Crippen molar-refractivity contribution in [2.75, 3.05) is 33.9 Å². The van der Waals surface area contributed by atoms with Gasteiger partial charge < -0.3 is 20.7 Å². The Hall–Kier alpha value is -0.650. The van der Waals surface area contributed by atoms with Crippen LogP contribution in [-0.4, -0.2) is 55.7 Å². The van der Waals surface area contributed by atoms with E-state index in [1.165, 1.54) is 25.7 Å². The first-order chi connectivity index (χ1) is 9.99. The summed E-state index contributed by atoms with van der Waals surface area (Å²) in [7, 11) is 4.26. The van der Waals surface area contributed by atoms with Gasteiger partial charge >= 0.3 is 0 Å². The Labute approximate surface area is 128 Å². The molecule has 0 unspecified atom stereocenters. The van der Waals surface area contributed by atoms with Gasteiger partial charge in [0.1, 0.15) is 0 Å². The standard InChI is InChI=1S/C16H31N3O2/c1-19(2)15(7-5-3-4-6-8-15)13-18-14(20)16(17)9-11-21-12-10-16/h3-13,17H2,1-2H3,(H,18,20). The summed E-state index contributed by atoms with van der Waals surface area (Å²) < 4.78 is 5.32. The molecule has 2 fully saturated rings. The van der Waals surface area contributed by atoms with E-state index in [0.29, 0.717) is 32.6 Å². The van der Waals surface area contributed by atoms with Crippen LogP contribution >= 0.6 is 0 Å². The van der Waals surface area contributed by atoms with E-state index < -0.39 is 5.54 Å². The number of ether oxygens (including phenoxy) is 1. The molecule has 1 amide bonds. The first-order valence-electron chi connectivity index (χ1n) is 8.31. The number of hydrogen-bond acceptors (Lipinski definition) is 4. The minimum Gasteiger partial charge on any atom is -0.381 e. The molecular weight excluding hydrogens is 266 g/mol. The number of likely N-dealkylation sites (N-methyl/N-ethyl adjacent to an activating group) is 1. The molecule has 0 spiro atoms. The quantitative estimate of drug-likeness (QED) is 0.767. The molecule has 5 heteroatoms. The highest BCUT2D eigenvalue weighted by Crippen LogP contribution is 2.30. The lowest BCUT2D eigenvalue weighted by Crippen LogP contribution is -2.60. The van der Waals surface area contributed by atoms with Crippen molar-refractivity contribution in [1.82, 2.24) is 10.2 Å². The van der Waals surface area contributed by atoms with E-state index in [0.717, 1.165) is 12.8 Å². The Morgan fingerprint density at radius 3 is 2.19 bits per heavy atom. The largest absolute Gasteiger partial charge is 0.381 e. The van der Waals surface area contributed by atoms with Gasteiger partial charge in [0.05, 0.1) is 5.54 Å². The van der Waals surface area contributed by atoms with Crippen molar-refractivity contribution in [3.63, 3.8) is 0 Å². The van der Waals surface area contributed by atoms with Crippen LogP contribution < -0.4 is 11.1 Å². The number of rotatable bonds is 4. The van der Waals surface area contributed by atoms with Crippen molar-refractivity contribution in [3.8, 4) is 0 Å². The molecule has 21 heavy (non-hydrogen) atoms. The topological polar surface area (TPSA) is 67.6 Å². The Morgan fingerprint density at radius 1 is 1.10 bits per heavy atom. The predicted octanol–water partition coefficient (Wildman–Crippen LogP) is 1.27. The molecule has 0 aromatic carbocycles. The summed E-state index contributed by atoms with van der Waals surface area (Å²) in [6, 6.07) is 0. The number of carbonyl (C=O) groups is 1. The summed E-state index contributed by atoms with van der Waals surface area (Å²) in [5, 5.41) is 3.15. The summed E-state index contributed by atoms with van der Waals surface area (Å²) in [5.41, 5.74) is 5.61. The second kappa shape index (κ2) is 7.07. The summed E-state index contributed by atoms with van der Waals surface area (Å²) in [4.78, 5) is 14.8. The maximum atomic E-state index is 12.5. The Kier molecular flexibility index (Phi) is 5.63. The van der Waals surface area contributed by atoms with Gasteiger partial charge in [-0.25, -0.2) is 0 Å². The van der Waals surface area contributed by atoms with E-state index in [1.54, 1.807) is 0 Å². The monoisotopic (exact) mass is 297 g/mol. The van der Waals surface area contributed by atoms with Crippen LogP contribution in [0.3, 0.4) is 0 Å². The summed E-state index contributed by atoms with van der Waals surface area (Å²) in [5.74, 6) is -0.00345. The smallest absolute Gasteiger partial charge is 0.240 e. The van der Waals surface area contributed by atoms with Crippen molar-refractivity contribution in [3.05, 3.63) is 0 Å². The average Bonchev–Trinajstić information content (AvgIpc) is 2.72. The van der Waals surface area contributed by atoms with E-state index in [9.17, 15) is 4.79 Å². The maximum Gasteiger partial charge on any atom is 0.240 e. The number of nitrogens with zero attached hydrogens (tertiary/aromatic N) is 1. The summed E-state index contributed by atoms with van der Waals surface area (Å²) in [6.45, 7) is 1.88. The van der Waals surface area contributed by atoms with Crippen LogP contribution in [-0.2, 0) is 9.53 Å². The molecular formula is C16H31N3O2. The van der Waals surface area contributed by atoms with Crippen LogP contribution in [0, 0.1) is 0 Å². The summed E-state index contributed by atoms with van der Waals surface area (Å²) >= 11 is 0. The molecule has 0 bridgehead atoms. The molecule has 1 aliphatic heterocycles. The number of hydrogen-bond donors (Lipinski definition) is 2. The average molecular weight is 297 g/mol. The van der Waals surface area contributed by atoms with Gasteiger partial charge in [0.25, 0.3) is 0 Å². The molecule has 1 saturated carbocycles. The van der Waals surface area contributed by atoms with Gasteiger partial charge in [0.2, 0.25) is 5.91 Å². The summed E-state index contributed by atoms with van der Waals surface area (Å²) in [6.07, 6.45) is 8.65. The fourth-order valence-corrected chi connectivity index (χ4v) is 3.55. The molecule has 2 aliphatic rings. The van der Waals surface area contributed by atoms with E-state index >= 15 is 0 Å². The van der Waals surface area contributed by atoms with Crippen LogP contribution in [0.2, 0.25) is 0 Å². The Morgan fingerprint density at radius 2 is 1.67 bits per heavy atom. The fourth-order valence-electron chi connectivity index (χ4n) is 3.55. The molecule has 3 N–H and O–H groups in total. The number of amides is 1. The van der Waals surface area contributed by atoms with Crippen LogP contribution in [0.1, 0.15) is 51.4 Å². The number of carbonyl (C=O) groups excluding carboxylic acids is 1. The zero-order chi connectivity index (χ0) is 15.3. The molecule has 2 rings (SSSR count). The van der Waals surface area contributed by atoms with E-state index in [1.807, 2.05) is 0 Å². The van der Waals surface area contributed by atoms with Gasteiger partial charge in [-0.2, -0.15) is 0 Å². The van der Waals surface area contributed by atoms with Gasteiger partial charge in [0, 0.05) is 25.3 Å². The number of nitrogens with one attached hydrogen (secondary N) is 1. The van der Waals surface area contributed by atoms with Crippen molar-refractivity contribution < 1.29 is 9.53 Å². The Balaban J connectivity index is 1.96. The van der Waals surface area contributed by atoms with Crippen LogP contribution in [0.4, 0.5) is 0 Å². The lowest BCUT2D eigenvalue weighted by atomic mass is 9.87. The number of nitrogens with two attached hydrogens (primary N) is 1. The zero-order valence-corrected chi connectivity index (χ0v) is 13.6. The van der Waals surface area contributed by atoms with Crippen molar-refractivity contribution in [1.29, 1.82) is 0 Å². The molecule has 1 saturated heterocycles. The first kappa shape index (κ1) is 16.7. The highest BCUT2D eigenvalue weighted by Gasteiger charge is 2.39. The van der Waals surface area contributed by atoms with E-state index in [-0.39, 0.29) is 11.4 Å². The molecule has 0 atom stereocenters. The Bertz CT molecular complexity index is 343. The highest BCUT2D eigenvalue weighted by atomic mass is 16.5. The third-order valence-corrected chi connectivity index (χ3v) is 5.40. The zero-order valence-electron chi connectivity index (χ0n) is 13.6. The van der Waals surface area contributed by atoms with Gasteiger partial charge in [-0.1, -0.05) is 25.7 Å². The third kappa shape index (κ3) is 3.96. The molecule has 0 aromatic heterocycles. The highest BCUT2D eigenvalue weighted by molar-refractivity contribution is 5.86. The molecule has 0 aromatic rings. The van der Waals surface area contributed by atoms with Gasteiger partial charge in [-0.15, -0.1) is 0 Å². The van der Waals surface area contributed by atoms with Crippen LogP contribution in [0.15, 0.2) is 0 Å². The maximum absolute atomic E-state index is 12.5. The lowest BCUT2D eigenvalue weighted by molar-refractivity contribution is -0.130.